The molecule has 0 saturated carbocycles. The van der Waals surface area contributed by atoms with Crippen molar-refractivity contribution in [3.63, 3.8) is 0 Å². The van der Waals surface area contributed by atoms with E-state index < -0.39 is 0 Å². The summed E-state index contributed by atoms with van der Waals surface area (Å²) in [7, 11) is 1.60. The van der Waals surface area contributed by atoms with Gasteiger partial charge in [0, 0.05) is 6.04 Å². The predicted molar refractivity (Wildman–Crippen MR) is 97.0 cm³/mol. The van der Waals surface area contributed by atoms with Crippen LogP contribution in [0.5, 0.6) is 11.5 Å². The number of furan rings is 1. The van der Waals surface area contributed by atoms with E-state index in [-0.39, 0.29) is 18.6 Å². The summed E-state index contributed by atoms with van der Waals surface area (Å²) < 4.78 is 16.5. The second kappa shape index (κ2) is 9.16. The lowest BCUT2D eigenvalue weighted by Gasteiger charge is -2.14. The largest absolute Gasteiger partial charge is 0.493 e. The Balaban J connectivity index is 1.88. The predicted octanol–water partition coefficient (Wildman–Crippen LogP) is 4.42. The van der Waals surface area contributed by atoms with Crippen LogP contribution in [0.4, 0.5) is 0 Å². The molecule has 5 heteroatoms. The summed E-state index contributed by atoms with van der Waals surface area (Å²) in [5.41, 5.74) is 0. The third-order valence-corrected chi connectivity index (χ3v) is 3.88. The highest BCUT2D eigenvalue weighted by atomic mass is 16.5. The summed E-state index contributed by atoms with van der Waals surface area (Å²) in [6, 6.07) is 10.9. The molecule has 1 heterocycles. The van der Waals surface area contributed by atoms with Crippen LogP contribution in [0.2, 0.25) is 0 Å². The van der Waals surface area contributed by atoms with E-state index in [2.05, 4.69) is 19.2 Å². The molecule has 1 aromatic carbocycles. The number of hydrogen-bond donors (Lipinski definition) is 1. The number of para-hydroxylation sites is 2. The molecule has 0 radical (unpaired) electrons. The highest BCUT2D eigenvalue weighted by Gasteiger charge is 2.15. The Hall–Kier alpha value is -2.43. The van der Waals surface area contributed by atoms with E-state index in [0.717, 1.165) is 12.8 Å². The molecule has 136 valence electrons. The van der Waals surface area contributed by atoms with E-state index in [1.54, 1.807) is 19.2 Å². The van der Waals surface area contributed by atoms with Gasteiger partial charge in [0.25, 0.3) is 5.91 Å². The average Bonchev–Trinajstić information content (AvgIpc) is 3.07. The standard InChI is InChI=1S/C20H27NO4/c1-14(2)9-10-15(3)21-20(22)19-12-11-16(25-19)13-24-18-8-6-5-7-17(18)23-4/h5-8,11-12,14-15H,9-10,13H2,1-4H3,(H,21,22). The van der Waals surface area contributed by atoms with Crippen LogP contribution in [-0.2, 0) is 6.61 Å². The highest BCUT2D eigenvalue weighted by molar-refractivity contribution is 5.91. The Morgan fingerprint density at radius 3 is 2.48 bits per heavy atom. The zero-order valence-electron chi connectivity index (χ0n) is 15.4. The molecular weight excluding hydrogens is 318 g/mol. The lowest BCUT2D eigenvalue weighted by Crippen LogP contribution is -2.32. The van der Waals surface area contributed by atoms with Crippen LogP contribution >= 0.6 is 0 Å². The first-order chi connectivity index (χ1) is 12.0. The molecule has 1 N–H and O–H groups in total. The van der Waals surface area contributed by atoms with Crippen molar-refractivity contribution in [2.45, 2.75) is 46.3 Å². The number of amides is 1. The summed E-state index contributed by atoms with van der Waals surface area (Å²) in [6.45, 7) is 6.59. The number of carbonyl (C=O) groups is 1. The number of nitrogens with one attached hydrogen (secondary N) is 1. The first-order valence-corrected chi connectivity index (χ1v) is 8.65. The monoisotopic (exact) mass is 345 g/mol. The Kier molecular flexibility index (Phi) is 6.92. The van der Waals surface area contributed by atoms with Crippen molar-refractivity contribution in [3.05, 3.63) is 47.9 Å². The molecule has 1 amide bonds. The van der Waals surface area contributed by atoms with E-state index >= 15 is 0 Å². The van der Waals surface area contributed by atoms with Gasteiger partial charge in [0.2, 0.25) is 0 Å². The van der Waals surface area contributed by atoms with Crippen molar-refractivity contribution in [2.75, 3.05) is 7.11 Å². The lowest BCUT2D eigenvalue weighted by atomic mass is 10.0. The third kappa shape index (κ3) is 5.85. The molecule has 1 atom stereocenters. The first-order valence-electron chi connectivity index (χ1n) is 8.65. The number of carbonyl (C=O) groups excluding carboxylic acids is 1. The van der Waals surface area contributed by atoms with E-state index in [1.807, 2.05) is 31.2 Å². The molecule has 25 heavy (non-hydrogen) atoms. The Morgan fingerprint density at radius 2 is 1.80 bits per heavy atom. The SMILES string of the molecule is COc1ccccc1OCc1ccc(C(=O)NC(C)CCC(C)C)o1. The van der Waals surface area contributed by atoms with Gasteiger partial charge in [-0.2, -0.15) is 0 Å². The number of benzene rings is 1. The smallest absolute Gasteiger partial charge is 0.287 e. The number of methoxy groups -OCH3 is 1. The molecule has 0 saturated heterocycles. The van der Waals surface area contributed by atoms with Crippen LogP contribution < -0.4 is 14.8 Å². The Morgan fingerprint density at radius 1 is 1.08 bits per heavy atom. The maximum Gasteiger partial charge on any atom is 0.287 e. The van der Waals surface area contributed by atoms with Crippen LogP contribution in [0.3, 0.4) is 0 Å². The van der Waals surface area contributed by atoms with Crippen LogP contribution in [-0.4, -0.2) is 19.1 Å². The molecule has 2 aromatic rings. The minimum Gasteiger partial charge on any atom is -0.493 e. The Labute approximate surface area is 149 Å². The van der Waals surface area contributed by atoms with Gasteiger partial charge < -0.3 is 19.2 Å². The normalized spacial score (nSPS) is 12.0. The second-order valence-electron chi connectivity index (χ2n) is 6.55. The third-order valence-electron chi connectivity index (χ3n) is 3.88. The number of rotatable bonds is 9. The van der Waals surface area contributed by atoms with Crippen LogP contribution in [0.25, 0.3) is 0 Å². The molecule has 1 aromatic heterocycles. The fourth-order valence-corrected chi connectivity index (χ4v) is 2.41. The zero-order chi connectivity index (χ0) is 18.2. The maximum atomic E-state index is 12.2. The fraction of sp³-hybridized carbons (Fsp3) is 0.450. The van der Waals surface area contributed by atoms with Crippen LogP contribution in [0.1, 0.15) is 49.9 Å². The van der Waals surface area contributed by atoms with E-state index in [0.29, 0.717) is 28.9 Å². The van der Waals surface area contributed by atoms with Gasteiger partial charge in [0.05, 0.1) is 7.11 Å². The topological polar surface area (TPSA) is 60.7 Å². The van der Waals surface area contributed by atoms with Crippen LogP contribution in [0, 0.1) is 5.92 Å². The minimum absolute atomic E-state index is 0.119. The summed E-state index contributed by atoms with van der Waals surface area (Å²) in [6.07, 6.45) is 2.03. The first kappa shape index (κ1) is 18.9. The quantitative estimate of drug-likeness (QED) is 0.731. The Bertz CT molecular complexity index is 678. The zero-order valence-corrected chi connectivity index (χ0v) is 15.4. The fourth-order valence-electron chi connectivity index (χ4n) is 2.41. The summed E-state index contributed by atoms with van der Waals surface area (Å²) in [4.78, 5) is 12.2. The van der Waals surface area contributed by atoms with Crippen molar-refractivity contribution < 1.29 is 18.7 Å². The lowest BCUT2D eigenvalue weighted by molar-refractivity contribution is 0.0905. The van der Waals surface area contributed by atoms with Crippen molar-refractivity contribution >= 4 is 5.91 Å². The minimum atomic E-state index is -0.195. The van der Waals surface area contributed by atoms with Gasteiger partial charge in [-0.1, -0.05) is 26.0 Å². The van der Waals surface area contributed by atoms with E-state index in [1.165, 1.54) is 0 Å². The van der Waals surface area contributed by atoms with Gasteiger partial charge in [0.1, 0.15) is 12.4 Å². The van der Waals surface area contributed by atoms with Gasteiger partial charge in [-0.3, -0.25) is 4.79 Å². The summed E-state index contributed by atoms with van der Waals surface area (Å²) >= 11 is 0. The second-order valence-corrected chi connectivity index (χ2v) is 6.55. The molecule has 0 fully saturated rings. The van der Waals surface area contributed by atoms with Gasteiger partial charge in [0.15, 0.2) is 17.3 Å². The molecule has 2 rings (SSSR count). The molecule has 0 aliphatic carbocycles. The van der Waals surface area contributed by atoms with E-state index in [4.69, 9.17) is 13.9 Å². The van der Waals surface area contributed by atoms with Crippen molar-refractivity contribution in [3.8, 4) is 11.5 Å². The van der Waals surface area contributed by atoms with Gasteiger partial charge >= 0.3 is 0 Å². The average molecular weight is 345 g/mol. The summed E-state index contributed by atoms with van der Waals surface area (Å²) in [5.74, 6) is 2.61. The maximum absolute atomic E-state index is 12.2. The molecular formula is C20H27NO4. The molecule has 1 unspecified atom stereocenters. The molecule has 0 bridgehead atoms. The van der Waals surface area contributed by atoms with Gasteiger partial charge in [-0.05, 0) is 49.9 Å². The molecule has 0 aliphatic heterocycles. The molecule has 0 aliphatic rings. The van der Waals surface area contributed by atoms with Crippen molar-refractivity contribution in [1.82, 2.24) is 5.32 Å². The number of hydrogen-bond acceptors (Lipinski definition) is 4. The van der Waals surface area contributed by atoms with Crippen molar-refractivity contribution in [2.24, 2.45) is 5.92 Å². The molecule has 5 nitrogen and oxygen atoms in total. The van der Waals surface area contributed by atoms with Gasteiger partial charge in [-0.15, -0.1) is 0 Å². The summed E-state index contributed by atoms with van der Waals surface area (Å²) in [5, 5.41) is 2.96. The van der Waals surface area contributed by atoms with Gasteiger partial charge in [-0.25, -0.2) is 0 Å². The number of ether oxygens (including phenoxy) is 2. The van der Waals surface area contributed by atoms with Crippen LogP contribution in [0.15, 0.2) is 40.8 Å². The highest BCUT2D eigenvalue weighted by Crippen LogP contribution is 2.26. The van der Waals surface area contributed by atoms with Crippen molar-refractivity contribution in [1.29, 1.82) is 0 Å². The van der Waals surface area contributed by atoms with E-state index in [9.17, 15) is 4.79 Å². The molecule has 0 spiro atoms.